The Labute approximate surface area is 64.0 Å². The third kappa shape index (κ3) is 2.05. The Morgan fingerprint density at radius 3 is 3.09 bits per heavy atom. The van der Waals surface area contributed by atoms with Gasteiger partial charge in [-0.05, 0) is 6.92 Å². The molecule has 0 aliphatic carbocycles. The molecule has 1 unspecified atom stereocenters. The van der Waals surface area contributed by atoms with Gasteiger partial charge in [0.1, 0.15) is 5.82 Å². The van der Waals surface area contributed by atoms with Gasteiger partial charge in [-0.2, -0.15) is 5.10 Å². The number of nitrogens with one attached hydrogen (secondary N) is 2. The van der Waals surface area contributed by atoms with Crippen LogP contribution in [0.2, 0.25) is 0 Å². The number of rotatable bonds is 2. The second-order valence-electron chi connectivity index (χ2n) is 2.25. The Morgan fingerprint density at radius 1 is 1.91 bits per heavy atom. The van der Waals surface area contributed by atoms with Crippen LogP contribution in [0.5, 0.6) is 0 Å². The molecule has 1 aromatic rings. The summed E-state index contributed by atoms with van der Waals surface area (Å²) in [6, 6.07) is 1.15. The number of anilines is 1. The minimum Gasteiger partial charge on any atom is -0.320 e. The molecule has 0 radical (unpaired) electrons. The van der Waals surface area contributed by atoms with Crippen molar-refractivity contribution in [3.8, 4) is 0 Å². The maximum atomic E-state index is 10.9. The van der Waals surface area contributed by atoms with Crippen molar-refractivity contribution >= 4 is 11.7 Å². The van der Waals surface area contributed by atoms with Crippen LogP contribution in [0, 0.1) is 0 Å². The summed E-state index contributed by atoms with van der Waals surface area (Å²) in [7, 11) is 0. The molecule has 1 aromatic heterocycles. The van der Waals surface area contributed by atoms with Gasteiger partial charge in [0.05, 0.1) is 12.2 Å². The number of hydrogen-bond donors (Lipinski definition) is 3. The number of nitrogens with two attached hydrogens (primary N) is 1. The fourth-order valence-electron chi connectivity index (χ4n) is 0.572. The normalized spacial score (nSPS) is 12.5. The van der Waals surface area contributed by atoms with Crippen LogP contribution in [0.3, 0.4) is 0 Å². The summed E-state index contributed by atoms with van der Waals surface area (Å²) in [4.78, 5) is 10.9. The summed E-state index contributed by atoms with van der Waals surface area (Å²) in [5, 5.41) is 8.78. The Balaban J connectivity index is 2.50. The predicted octanol–water partition coefficient (Wildman–Crippen LogP) is -0.305. The van der Waals surface area contributed by atoms with Crippen molar-refractivity contribution in [2.45, 2.75) is 13.0 Å². The van der Waals surface area contributed by atoms with E-state index in [9.17, 15) is 4.79 Å². The molecule has 0 aromatic carbocycles. The molecule has 60 valence electrons. The topological polar surface area (TPSA) is 83.8 Å². The number of hydrogen-bond acceptors (Lipinski definition) is 3. The molecule has 0 saturated heterocycles. The number of H-pyrrole nitrogens is 1. The number of amides is 1. The van der Waals surface area contributed by atoms with Crippen molar-refractivity contribution in [3.05, 3.63) is 12.3 Å². The van der Waals surface area contributed by atoms with E-state index in [4.69, 9.17) is 5.73 Å². The summed E-state index contributed by atoms with van der Waals surface area (Å²) in [6.45, 7) is 1.62. The predicted molar refractivity (Wildman–Crippen MR) is 40.9 cm³/mol. The van der Waals surface area contributed by atoms with Crippen molar-refractivity contribution in [2.75, 3.05) is 5.32 Å². The SMILES string of the molecule is CC(N)C(=O)Nc1ccn[nH]1. The van der Waals surface area contributed by atoms with Gasteiger partial charge in [0.15, 0.2) is 0 Å². The molecule has 11 heavy (non-hydrogen) atoms. The van der Waals surface area contributed by atoms with Crippen molar-refractivity contribution in [3.63, 3.8) is 0 Å². The van der Waals surface area contributed by atoms with Crippen LogP contribution in [0.25, 0.3) is 0 Å². The van der Waals surface area contributed by atoms with Gasteiger partial charge < -0.3 is 11.1 Å². The van der Waals surface area contributed by atoms with E-state index in [1.165, 1.54) is 0 Å². The average Bonchev–Trinajstić information content (AvgIpc) is 2.39. The third-order valence-electron chi connectivity index (χ3n) is 1.17. The van der Waals surface area contributed by atoms with Crippen LogP contribution < -0.4 is 11.1 Å². The average molecular weight is 154 g/mol. The monoisotopic (exact) mass is 154 g/mol. The van der Waals surface area contributed by atoms with Gasteiger partial charge in [-0.15, -0.1) is 0 Å². The summed E-state index contributed by atoms with van der Waals surface area (Å²) >= 11 is 0. The zero-order valence-corrected chi connectivity index (χ0v) is 6.16. The highest BCUT2D eigenvalue weighted by Gasteiger charge is 2.06. The number of aromatic nitrogens is 2. The van der Waals surface area contributed by atoms with Crippen molar-refractivity contribution in [1.29, 1.82) is 0 Å². The van der Waals surface area contributed by atoms with Gasteiger partial charge in [0.25, 0.3) is 0 Å². The lowest BCUT2D eigenvalue weighted by Gasteiger charge is -2.03. The van der Waals surface area contributed by atoms with E-state index in [-0.39, 0.29) is 5.91 Å². The van der Waals surface area contributed by atoms with E-state index < -0.39 is 6.04 Å². The molecular formula is C6H10N4O. The molecule has 1 atom stereocenters. The van der Waals surface area contributed by atoms with E-state index in [1.54, 1.807) is 19.2 Å². The fraction of sp³-hybridized carbons (Fsp3) is 0.333. The van der Waals surface area contributed by atoms with E-state index in [0.29, 0.717) is 5.82 Å². The lowest BCUT2D eigenvalue weighted by Crippen LogP contribution is -2.32. The van der Waals surface area contributed by atoms with E-state index >= 15 is 0 Å². The molecule has 1 rings (SSSR count). The van der Waals surface area contributed by atoms with Crippen LogP contribution in [0.4, 0.5) is 5.82 Å². The first kappa shape index (κ1) is 7.74. The first-order chi connectivity index (χ1) is 5.20. The van der Waals surface area contributed by atoms with Gasteiger partial charge in [0, 0.05) is 6.07 Å². The van der Waals surface area contributed by atoms with Gasteiger partial charge in [-0.25, -0.2) is 0 Å². The number of nitrogens with zero attached hydrogens (tertiary/aromatic N) is 1. The molecular weight excluding hydrogens is 144 g/mol. The largest absolute Gasteiger partial charge is 0.320 e. The smallest absolute Gasteiger partial charge is 0.242 e. The number of carbonyl (C=O) groups is 1. The lowest BCUT2D eigenvalue weighted by atomic mass is 10.3. The molecule has 0 fully saturated rings. The summed E-state index contributed by atoms with van der Waals surface area (Å²) < 4.78 is 0. The van der Waals surface area contributed by atoms with Crippen LogP contribution in [-0.2, 0) is 4.79 Å². The highest BCUT2D eigenvalue weighted by Crippen LogP contribution is 1.98. The Bertz CT molecular complexity index is 229. The first-order valence-corrected chi connectivity index (χ1v) is 3.26. The van der Waals surface area contributed by atoms with Gasteiger partial charge >= 0.3 is 0 Å². The number of carbonyl (C=O) groups excluding carboxylic acids is 1. The van der Waals surface area contributed by atoms with Crippen molar-refractivity contribution < 1.29 is 4.79 Å². The zero-order chi connectivity index (χ0) is 8.27. The molecule has 1 amide bonds. The minimum absolute atomic E-state index is 0.228. The lowest BCUT2D eigenvalue weighted by molar-refractivity contribution is -0.117. The van der Waals surface area contributed by atoms with Gasteiger partial charge in [-0.3, -0.25) is 9.89 Å². The zero-order valence-electron chi connectivity index (χ0n) is 6.16. The molecule has 0 aliphatic rings. The highest BCUT2D eigenvalue weighted by molar-refractivity contribution is 5.93. The van der Waals surface area contributed by atoms with Crippen molar-refractivity contribution in [1.82, 2.24) is 10.2 Å². The van der Waals surface area contributed by atoms with Crippen LogP contribution in [0.1, 0.15) is 6.92 Å². The Kier molecular flexibility index (Phi) is 2.22. The quantitative estimate of drug-likeness (QED) is 0.546. The Morgan fingerprint density at radius 2 is 2.64 bits per heavy atom. The molecule has 1 heterocycles. The van der Waals surface area contributed by atoms with E-state index in [2.05, 4.69) is 15.5 Å². The molecule has 0 bridgehead atoms. The maximum absolute atomic E-state index is 10.9. The molecule has 0 aliphatic heterocycles. The molecule has 4 N–H and O–H groups in total. The third-order valence-corrected chi connectivity index (χ3v) is 1.17. The maximum Gasteiger partial charge on any atom is 0.242 e. The second-order valence-corrected chi connectivity index (χ2v) is 2.25. The van der Waals surface area contributed by atoms with E-state index in [0.717, 1.165) is 0 Å². The first-order valence-electron chi connectivity index (χ1n) is 3.26. The van der Waals surface area contributed by atoms with Gasteiger partial charge in [0.2, 0.25) is 5.91 Å². The highest BCUT2D eigenvalue weighted by atomic mass is 16.2. The molecule has 5 heteroatoms. The Hall–Kier alpha value is -1.36. The summed E-state index contributed by atoms with van der Waals surface area (Å²) in [5.41, 5.74) is 5.31. The summed E-state index contributed by atoms with van der Waals surface area (Å²) in [5.74, 6) is 0.335. The van der Waals surface area contributed by atoms with Gasteiger partial charge in [-0.1, -0.05) is 0 Å². The van der Waals surface area contributed by atoms with E-state index in [1.807, 2.05) is 0 Å². The molecule has 5 nitrogen and oxygen atoms in total. The second kappa shape index (κ2) is 3.16. The molecule has 0 saturated carbocycles. The minimum atomic E-state index is -0.502. The van der Waals surface area contributed by atoms with Crippen molar-refractivity contribution in [2.24, 2.45) is 5.73 Å². The fourth-order valence-corrected chi connectivity index (χ4v) is 0.572. The summed E-state index contributed by atoms with van der Waals surface area (Å²) in [6.07, 6.45) is 1.55. The van der Waals surface area contributed by atoms with Crippen LogP contribution >= 0.6 is 0 Å². The van der Waals surface area contributed by atoms with Crippen LogP contribution in [-0.4, -0.2) is 22.1 Å². The standard InChI is InChI=1S/C6H10N4O/c1-4(7)6(11)9-5-2-3-8-10-5/h2-4H,7H2,1H3,(H2,8,9,10,11). The van der Waals surface area contributed by atoms with Crippen LogP contribution in [0.15, 0.2) is 12.3 Å². The molecule has 0 spiro atoms. The number of aromatic amines is 1.